The van der Waals surface area contributed by atoms with Crippen LogP contribution in [0.1, 0.15) is 23.1 Å². The molecule has 0 atom stereocenters. The van der Waals surface area contributed by atoms with Crippen LogP contribution in [0.15, 0.2) is 48.5 Å². The summed E-state index contributed by atoms with van der Waals surface area (Å²) in [7, 11) is 0. The molecule has 0 radical (unpaired) electrons. The number of anilines is 1. The highest BCUT2D eigenvalue weighted by molar-refractivity contribution is 5.71. The van der Waals surface area contributed by atoms with E-state index in [4.69, 9.17) is 0 Å². The number of hydrogen-bond donors (Lipinski definition) is 1. The lowest BCUT2D eigenvalue weighted by atomic mass is 10.0. The number of aryl methyl sites for hydroxylation is 1. The molecule has 0 saturated carbocycles. The van der Waals surface area contributed by atoms with E-state index in [9.17, 15) is 0 Å². The third-order valence-electron chi connectivity index (χ3n) is 3.34. The molecule has 0 fully saturated rings. The van der Waals surface area contributed by atoms with Gasteiger partial charge >= 0.3 is 0 Å². The van der Waals surface area contributed by atoms with Gasteiger partial charge in [-0.1, -0.05) is 48.6 Å². The van der Waals surface area contributed by atoms with Gasteiger partial charge in [-0.2, -0.15) is 0 Å². The Morgan fingerprint density at radius 3 is 2.61 bits per heavy atom. The normalized spacial score (nSPS) is 14.2. The molecule has 0 spiro atoms. The molecule has 1 heterocycles. The van der Waals surface area contributed by atoms with Gasteiger partial charge in [0.25, 0.3) is 0 Å². The van der Waals surface area contributed by atoms with Crippen LogP contribution in [0.2, 0.25) is 0 Å². The van der Waals surface area contributed by atoms with Crippen LogP contribution < -0.4 is 5.32 Å². The zero-order valence-electron chi connectivity index (χ0n) is 10.4. The van der Waals surface area contributed by atoms with Crippen molar-refractivity contribution in [2.75, 3.05) is 11.9 Å². The third-order valence-corrected chi connectivity index (χ3v) is 3.34. The minimum atomic E-state index is 1.10. The summed E-state index contributed by atoms with van der Waals surface area (Å²) in [4.78, 5) is 0. The lowest BCUT2D eigenvalue weighted by molar-refractivity contribution is 0.830. The van der Waals surface area contributed by atoms with Gasteiger partial charge in [-0.05, 0) is 41.7 Å². The zero-order valence-corrected chi connectivity index (χ0v) is 10.4. The highest BCUT2D eigenvalue weighted by Crippen LogP contribution is 2.23. The molecular formula is C17H17N. The van der Waals surface area contributed by atoms with Crippen LogP contribution >= 0.6 is 0 Å². The molecule has 0 unspecified atom stereocenters. The van der Waals surface area contributed by atoms with Crippen molar-refractivity contribution in [2.24, 2.45) is 0 Å². The first-order chi connectivity index (χ1) is 8.92. The highest BCUT2D eigenvalue weighted by atomic mass is 14.9. The summed E-state index contributed by atoms with van der Waals surface area (Å²) in [6.45, 7) is 1.10. The summed E-state index contributed by atoms with van der Waals surface area (Å²) in [6, 6.07) is 17.1. The number of benzene rings is 2. The summed E-state index contributed by atoms with van der Waals surface area (Å²) in [5.74, 6) is 0. The Kier molecular flexibility index (Phi) is 3.14. The molecule has 3 rings (SSSR count). The molecule has 0 aliphatic carbocycles. The van der Waals surface area contributed by atoms with E-state index in [-0.39, 0.29) is 0 Å². The largest absolute Gasteiger partial charge is 0.385 e. The molecule has 2 aromatic carbocycles. The van der Waals surface area contributed by atoms with Crippen LogP contribution in [0, 0.1) is 0 Å². The SMILES string of the molecule is C(=C\c1ccc2c(c1)CCCN2)/c1ccccc1. The molecular weight excluding hydrogens is 218 g/mol. The maximum absolute atomic E-state index is 3.44. The van der Waals surface area contributed by atoms with Gasteiger partial charge < -0.3 is 5.32 Å². The van der Waals surface area contributed by atoms with Crippen molar-refractivity contribution in [2.45, 2.75) is 12.8 Å². The van der Waals surface area contributed by atoms with Crippen molar-refractivity contribution in [3.63, 3.8) is 0 Å². The Morgan fingerprint density at radius 1 is 0.889 bits per heavy atom. The van der Waals surface area contributed by atoms with E-state index in [1.165, 1.54) is 35.2 Å². The summed E-state index contributed by atoms with van der Waals surface area (Å²) in [5.41, 5.74) is 5.27. The van der Waals surface area contributed by atoms with Crippen molar-refractivity contribution in [3.05, 3.63) is 65.2 Å². The quantitative estimate of drug-likeness (QED) is 0.769. The van der Waals surface area contributed by atoms with Crippen LogP contribution in [-0.2, 0) is 6.42 Å². The van der Waals surface area contributed by atoms with E-state index in [0.717, 1.165) is 6.54 Å². The Balaban J connectivity index is 1.83. The van der Waals surface area contributed by atoms with Crippen molar-refractivity contribution >= 4 is 17.8 Å². The lowest BCUT2D eigenvalue weighted by Crippen LogP contribution is -2.11. The fourth-order valence-electron chi connectivity index (χ4n) is 2.36. The molecule has 1 aliphatic rings. The Hall–Kier alpha value is -2.02. The van der Waals surface area contributed by atoms with Gasteiger partial charge in [-0.25, -0.2) is 0 Å². The number of rotatable bonds is 2. The standard InChI is InChI=1S/C17H17N/c1-2-5-14(6-3-1)8-9-15-10-11-17-16(13-15)7-4-12-18-17/h1-3,5-6,8-11,13,18H,4,7,12H2/b9-8+. The van der Waals surface area contributed by atoms with Crippen LogP contribution in [-0.4, -0.2) is 6.54 Å². The first-order valence-corrected chi connectivity index (χ1v) is 6.52. The van der Waals surface area contributed by atoms with Gasteiger partial charge in [0, 0.05) is 12.2 Å². The van der Waals surface area contributed by atoms with Crippen molar-refractivity contribution in [1.29, 1.82) is 0 Å². The van der Waals surface area contributed by atoms with E-state index >= 15 is 0 Å². The second-order valence-corrected chi connectivity index (χ2v) is 4.69. The number of fused-ring (bicyclic) bond motifs is 1. The van der Waals surface area contributed by atoms with Crippen molar-refractivity contribution < 1.29 is 0 Å². The minimum Gasteiger partial charge on any atom is -0.385 e. The van der Waals surface area contributed by atoms with Crippen molar-refractivity contribution in [1.82, 2.24) is 0 Å². The van der Waals surface area contributed by atoms with E-state index in [2.05, 4.69) is 59.9 Å². The molecule has 1 heteroatoms. The van der Waals surface area contributed by atoms with Gasteiger partial charge in [0.05, 0.1) is 0 Å². The van der Waals surface area contributed by atoms with Gasteiger partial charge in [0.2, 0.25) is 0 Å². The average Bonchev–Trinajstić information content (AvgIpc) is 2.46. The molecule has 90 valence electrons. The summed E-state index contributed by atoms with van der Waals surface area (Å²) in [6.07, 6.45) is 6.77. The molecule has 0 saturated heterocycles. The van der Waals surface area contributed by atoms with Gasteiger partial charge in [0.1, 0.15) is 0 Å². The Bertz CT molecular complexity index is 555. The molecule has 1 N–H and O–H groups in total. The molecule has 1 nitrogen and oxygen atoms in total. The van der Waals surface area contributed by atoms with Crippen LogP contribution in [0.5, 0.6) is 0 Å². The topological polar surface area (TPSA) is 12.0 Å². The summed E-state index contributed by atoms with van der Waals surface area (Å²) >= 11 is 0. The summed E-state index contributed by atoms with van der Waals surface area (Å²) in [5, 5.41) is 3.44. The zero-order chi connectivity index (χ0) is 12.2. The maximum Gasteiger partial charge on any atom is 0.0373 e. The predicted molar refractivity (Wildman–Crippen MR) is 78.6 cm³/mol. The van der Waals surface area contributed by atoms with Crippen molar-refractivity contribution in [3.8, 4) is 0 Å². The fraction of sp³-hybridized carbons (Fsp3) is 0.176. The number of nitrogens with one attached hydrogen (secondary N) is 1. The van der Waals surface area contributed by atoms with Gasteiger partial charge in [-0.15, -0.1) is 0 Å². The lowest BCUT2D eigenvalue weighted by Gasteiger charge is -2.18. The fourth-order valence-corrected chi connectivity index (χ4v) is 2.36. The Morgan fingerprint density at radius 2 is 1.72 bits per heavy atom. The van der Waals surface area contributed by atoms with E-state index in [1.54, 1.807) is 0 Å². The highest BCUT2D eigenvalue weighted by Gasteiger charge is 2.07. The minimum absolute atomic E-state index is 1.10. The van der Waals surface area contributed by atoms with Gasteiger partial charge in [-0.3, -0.25) is 0 Å². The average molecular weight is 235 g/mol. The maximum atomic E-state index is 3.44. The van der Waals surface area contributed by atoms with Crippen LogP contribution in [0.3, 0.4) is 0 Å². The second-order valence-electron chi connectivity index (χ2n) is 4.69. The van der Waals surface area contributed by atoms with E-state index in [0.29, 0.717) is 0 Å². The first-order valence-electron chi connectivity index (χ1n) is 6.52. The molecule has 18 heavy (non-hydrogen) atoms. The monoisotopic (exact) mass is 235 g/mol. The molecule has 2 aromatic rings. The second kappa shape index (κ2) is 5.09. The van der Waals surface area contributed by atoms with E-state index < -0.39 is 0 Å². The molecule has 1 aliphatic heterocycles. The molecule has 0 amide bonds. The Labute approximate surface area is 108 Å². The molecule has 0 bridgehead atoms. The van der Waals surface area contributed by atoms with E-state index in [1.807, 2.05) is 6.07 Å². The van der Waals surface area contributed by atoms with Crippen LogP contribution in [0.25, 0.3) is 12.2 Å². The molecule has 0 aromatic heterocycles. The first kappa shape index (κ1) is 11.1. The predicted octanol–water partition coefficient (Wildman–Crippen LogP) is 4.22. The smallest absolute Gasteiger partial charge is 0.0373 e. The third kappa shape index (κ3) is 2.45. The van der Waals surface area contributed by atoms with Gasteiger partial charge in [0.15, 0.2) is 0 Å². The number of hydrogen-bond acceptors (Lipinski definition) is 1. The van der Waals surface area contributed by atoms with Crippen LogP contribution in [0.4, 0.5) is 5.69 Å². The summed E-state index contributed by atoms with van der Waals surface area (Å²) < 4.78 is 0.